The number of likely N-dealkylation sites (tertiary alicyclic amines) is 3. The lowest BCUT2D eigenvalue weighted by Gasteiger charge is -2.39. The zero-order valence-electron chi connectivity index (χ0n) is 91.6. The van der Waals surface area contributed by atoms with E-state index in [1.54, 1.807) is 32.2 Å². The monoisotopic (exact) mass is 2190 g/mol. The first kappa shape index (κ1) is 122. The van der Waals surface area contributed by atoms with E-state index < -0.39 is 254 Å². The number of amides is 15. The molecule has 0 radical (unpaired) electrons. The van der Waals surface area contributed by atoms with Crippen LogP contribution in [0.1, 0.15) is 222 Å². The van der Waals surface area contributed by atoms with E-state index in [1.165, 1.54) is 68.5 Å². The Labute approximate surface area is 886 Å². The molecular weight excluding hydrogens is 2030 g/mol. The van der Waals surface area contributed by atoms with E-state index in [0.717, 1.165) is 30.6 Å². The number of Topliss-reactive ketones (excluding diaryl/α,β-unsaturated/α-hetero) is 3. The number of nitrogens with one attached hydrogen (secondary N) is 13. The van der Waals surface area contributed by atoms with Crippen LogP contribution in [-0.4, -0.2) is 317 Å². The van der Waals surface area contributed by atoms with Crippen molar-refractivity contribution in [3.8, 4) is 0 Å². The minimum Gasteiger partial charge on any atom is -0.346 e. The molecule has 150 heavy (non-hydrogen) atoms. The first-order valence-corrected chi connectivity index (χ1v) is 56.9. The number of thiophene rings is 1. The molecule has 10 fully saturated rings. The molecule has 15 amide bonds. The molecule has 41 nitrogen and oxygen atoms in total. The van der Waals surface area contributed by atoms with E-state index >= 15 is 0 Å². The van der Waals surface area contributed by atoms with Gasteiger partial charge < -0.3 is 78.5 Å². The van der Waals surface area contributed by atoms with Crippen molar-refractivity contribution in [1.29, 1.82) is 0 Å². The van der Waals surface area contributed by atoms with Crippen LogP contribution in [0.5, 0.6) is 0 Å². The Bertz CT molecular complexity index is 5670. The number of hydrogen-bond acceptors (Lipinski definition) is 22. The van der Waals surface area contributed by atoms with Crippen LogP contribution in [0, 0.1) is 96.1 Å². The molecule has 6 aliphatic heterocycles. The topological polar surface area (TPSA) is 538 Å². The van der Waals surface area contributed by atoms with Crippen LogP contribution >= 0.6 is 11.3 Å². The van der Waals surface area contributed by atoms with Crippen LogP contribution in [0.4, 0.5) is 27.6 Å². The average molecular weight is 2190 g/mol. The molecule has 5 aliphatic carbocycles. The van der Waals surface area contributed by atoms with E-state index in [2.05, 4.69) is 116 Å². The summed E-state index contributed by atoms with van der Waals surface area (Å²) in [6.07, 6.45) is 1.59. The van der Waals surface area contributed by atoms with Gasteiger partial charge in [0.05, 0.1) is 23.0 Å². The summed E-state index contributed by atoms with van der Waals surface area (Å²) in [6, 6.07) is -12.3. The van der Waals surface area contributed by atoms with Gasteiger partial charge in [0.2, 0.25) is 62.8 Å². The highest BCUT2D eigenvalue weighted by Gasteiger charge is 2.73. The minimum absolute atomic E-state index is 0.00955. The summed E-state index contributed by atoms with van der Waals surface area (Å²) in [7, 11) is -9.55. The molecule has 13 N–H and O–H groups in total. The molecule has 18 atom stereocenters. The third-order valence-electron chi connectivity index (χ3n) is 31.7. The summed E-state index contributed by atoms with van der Waals surface area (Å²) in [5, 5.41) is 34.2. The quantitative estimate of drug-likeness (QED) is 0.0277. The number of fused-ring (bicyclic) bond motifs is 4. The van der Waals surface area contributed by atoms with Gasteiger partial charge in [0.1, 0.15) is 36.3 Å². The third-order valence-corrected chi connectivity index (χ3v) is 38.2. The average Bonchev–Trinajstić information content (AvgIpc) is 1.53. The number of alkyl halides is 3. The Balaban J connectivity index is 0.000000230. The van der Waals surface area contributed by atoms with Crippen LogP contribution in [-0.2, 0) is 94.5 Å². The Hall–Kier alpha value is -9.59. The van der Waals surface area contributed by atoms with Crippen molar-refractivity contribution in [2.45, 2.75) is 308 Å². The highest BCUT2D eigenvalue weighted by atomic mass is 32.2. The number of sulfonamides is 1. The van der Waals surface area contributed by atoms with Crippen molar-refractivity contribution >= 4 is 130 Å². The Kier molecular flexibility index (Phi) is 37.3. The third kappa shape index (κ3) is 29.0. The highest BCUT2D eigenvalue weighted by Crippen LogP contribution is 2.67. The fraction of sp³-hybridized carbons (Fsp3) is 0.755. The SMILES string of the molecule is C=CCNC(=O)C(=O)C(CC1CC1)NC(=O)[C@@H]1[C@@H]2[C@H](CN1C(=O)[C@@H](NC(=O)N[C@H](CN1CCNS1(=O)=O)C(C)(C)C)C(C)(C)C)C2(C)C.C=CCNC(=O)C(=O)C(CC1CC1)NC(=O)[C@@H]1[C@@H]2[C@H](CN1C(=O)[C@@H](NC(=O)N[C@H](CN1Cc3sccc3S1(=O)=O)C(C)(C)C)C(C)(C)C)C2(C)C.C=CCNC(=O)C(=O)C(CCC(F)(F)F)NC(=O)[C@@H]1[C@@H]2[C@H](CN1C(=O)[C@@H](NC(=O)N[C@H](CN1CCN(C)S1(=O)=O)C(C)(C)C)C(C)(C)C)C2(C)C. The zero-order chi connectivity index (χ0) is 113. The molecule has 12 rings (SSSR count). The molecule has 0 bridgehead atoms. The van der Waals surface area contributed by atoms with Gasteiger partial charge in [0.15, 0.2) is 0 Å². The van der Waals surface area contributed by atoms with E-state index in [-0.39, 0.29) is 124 Å². The molecular formula is C102H163F3N20O21S4. The second-order valence-electron chi connectivity index (χ2n) is 50.4. The number of piperidine rings is 3. The number of urea groups is 3. The van der Waals surface area contributed by atoms with Crippen LogP contribution in [0.2, 0.25) is 0 Å². The Morgan fingerprint density at radius 1 is 0.440 bits per heavy atom. The van der Waals surface area contributed by atoms with Crippen molar-refractivity contribution in [2.75, 3.05) is 92.1 Å². The van der Waals surface area contributed by atoms with Crippen LogP contribution in [0.3, 0.4) is 0 Å². The van der Waals surface area contributed by atoms with E-state index in [4.69, 9.17) is 0 Å². The van der Waals surface area contributed by atoms with Crippen LogP contribution in [0.15, 0.2) is 54.3 Å². The number of ketones is 3. The Morgan fingerprint density at radius 2 is 0.760 bits per heavy atom. The van der Waals surface area contributed by atoms with Crippen molar-refractivity contribution < 1.29 is 110 Å². The van der Waals surface area contributed by atoms with E-state index in [0.29, 0.717) is 37.4 Å². The van der Waals surface area contributed by atoms with Crippen molar-refractivity contribution in [3.63, 3.8) is 0 Å². The lowest BCUT2D eigenvalue weighted by molar-refractivity contribution is -0.148. The Morgan fingerprint density at radius 3 is 1.04 bits per heavy atom. The van der Waals surface area contributed by atoms with Crippen molar-refractivity contribution in [3.05, 3.63) is 54.3 Å². The zero-order valence-corrected chi connectivity index (χ0v) is 94.8. The van der Waals surface area contributed by atoms with Crippen molar-refractivity contribution in [1.82, 2.24) is 100 Å². The molecule has 48 heteroatoms. The van der Waals surface area contributed by atoms with Gasteiger partial charge in [0, 0.05) is 128 Å². The highest BCUT2D eigenvalue weighted by molar-refractivity contribution is 7.89. The van der Waals surface area contributed by atoms with Gasteiger partial charge >= 0.3 is 24.3 Å². The maximum Gasteiger partial charge on any atom is 0.389 e. The molecule has 1 aromatic heterocycles. The van der Waals surface area contributed by atoms with Gasteiger partial charge in [-0.05, 0) is 127 Å². The predicted molar refractivity (Wildman–Crippen MR) is 557 cm³/mol. The van der Waals surface area contributed by atoms with Gasteiger partial charge in [-0.15, -0.1) is 31.1 Å². The van der Waals surface area contributed by atoms with Gasteiger partial charge in [-0.25, -0.2) is 27.5 Å². The first-order chi connectivity index (χ1) is 68.8. The number of carbonyl (C=O) groups excluding carboxylic acids is 15. The molecule has 5 saturated heterocycles. The maximum atomic E-state index is 14.5. The standard InChI is InChI=1S/C36H54N6O7S2.C33H54F3N7O7S.C33H55N7O7S/c1-10-14-37-31(45)28(43)22(16-20-11-12-20)38-30(44)27-26-21(36(26,8)9)17-42(27)32(46)29(35(5,6)7)40-33(47)39-25(34(2,3)4)19-41-18-23-24(13-15-50-23)51(41,48)49;1-11-14-37-27(46)24(44)20(12-13-33(34,35)36)38-26(45)23-22-19(32(22,8)9)17-43(23)28(47)25(31(5,6)7)40-29(48)39-21(30(2,3)4)18-42-16-15-41(10)51(42,49)50;1-10-13-34-28(43)25(41)21(16-19-11-12-19)36-27(42)24-23-20(33(23,8)9)17-40(24)29(44)26(32(5,6)7)38-30(45)37-22(31(2,3)4)18-39-15-14-35-48(39,46)47/h10,13,15,20-22,25-27,29H,1,11-12,14,16-19H2,2-9H3,(H,37,45)(H,38,44)(H2,39,40,47);11,19-23,25H,1,12-18H2,2-10H3,(H,37,46)(H,38,45)(H2,39,40,48);10,19-24,26,35H,1,11-18H2,2-9H3,(H,34,43)(H,36,42)(H2,37,38,45)/t21-,22?,25+,26-,27-,29+;19-,20?,21+,22-,23-,25+;20-,21?,22+,23-,24-,26+/m000/s1. The largest absolute Gasteiger partial charge is 0.389 e. The van der Waals surface area contributed by atoms with Gasteiger partial charge in [-0.1, -0.05) is 210 Å². The summed E-state index contributed by atoms with van der Waals surface area (Å²) in [4.78, 5) is 208. The number of nitrogens with zero attached hydrogens (tertiary/aromatic N) is 7. The summed E-state index contributed by atoms with van der Waals surface area (Å²) in [5.74, 6) is -9.03. The fourth-order valence-corrected chi connectivity index (χ4v) is 26.8. The smallest absolute Gasteiger partial charge is 0.346 e. The number of halogens is 3. The predicted octanol–water partition coefficient (Wildman–Crippen LogP) is 5.71. The second kappa shape index (κ2) is 45.8. The molecule has 5 saturated carbocycles. The number of likely N-dealkylation sites (N-methyl/N-ethyl adjacent to an activating group) is 1. The number of hydrogen-bond donors (Lipinski definition) is 13. The van der Waals surface area contributed by atoms with Gasteiger partial charge in [0.25, 0.3) is 38.1 Å². The molecule has 0 aromatic carbocycles. The summed E-state index contributed by atoms with van der Waals surface area (Å²) in [5.41, 5.74) is -4.89. The molecule has 842 valence electrons. The first-order valence-electron chi connectivity index (χ1n) is 51.7. The van der Waals surface area contributed by atoms with E-state index in [9.17, 15) is 110 Å². The molecule has 3 unspecified atom stereocenters. The molecule has 1 aromatic rings. The van der Waals surface area contributed by atoms with Crippen molar-refractivity contribution in [2.24, 2.45) is 96.1 Å². The number of rotatable bonds is 39. The molecule has 0 spiro atoms. The second-order valence-corrected chi connectivity index (χ2v) is 57.1. The van der Waals surface area contributed by atoms with Crippen LogP contribution in [0.25, 0.3) is 0 Å². The lowest BCUT2D eigenvalue weighted by Crippen LogP contribution is -2.62. The normalized spacial score (nSPS) is 25.4. The van der Waals surface area contributed by atoms with Crippen LogP contribution < -0.4 is 68.5 Å². The summed E-state index contributed by atoms with van der Waals surface area (Å²) >= 11 is 1.38. The van der Waals surface area contributed by atoms with E-state index in [1.807, 2.05) is 118 Å². The lowest BCUT2D eigenvalue weighted by atomic mass is 9.85. The fourth-order valence-electron chi connectivity index (χ4n) is 21.3. The number of carbonyl (C=O) groups is 15. The summed E-state index contributed by atoms with van der Waals surface area (Å²) in [6.45, 7) is 57.9. The maximum absolute atomic E-state index is 14.5. The minimum atomic E-state index is -4.67. The molecule has 7 heterocycles. The van der Waals surface area contributed by atoms with Gasteiger partial charge in [-0.3, -0.25) is 57.5 Å². The van der Waals surface area contributed by atoms with Gasteiger partial charge in [-0.2, -0.15) is 47.2 Å². The summed E-state index contributed by atoms with van der Waals surface area (Å²) < 4.78 is 124. The molecule has 11 aliphatic rings.